The first kappa shape index (κ1) is 64.2. The number of aliphatic hydroxyl groups is 1. The van der Waals surface area contributed by atoms with Crippen LogP contribution in [0.15, 0.2) is 164 Å². The lowest BCUT2D eigenvalue weighted by Crippen LogP contribution is -2.48. The van der Waals surface area contributed by atoms with E-state index in [0.29, 0.717) is 55.1 Å². The van der Waals surface area contributed by atoms with Gasteiger partial charge >= 0.3 is 5.69 Å². The maximum absolute atomic E-state index is 13.9. The molecule has 20 nitrogen and oxygen atoms in total. The molecule has 6 aromatic rings. The Morgan fingerprint density at radius 3 is 1.95 bits per heavy atom. The zero-order valence-electron chi connectivity index (χ0n) is 48.8. The van der Waals surface area contributed by atoms with E-state index >= 15 is 0 Å². The minimum atomic E-state index is -3.75. The minimum Gasteiger partial charge on any atom is -0.497 e. The molecule has 4 N–H and O–H groups in total. The van der Waals surface area contributed by atoms with Gasteiger partial charge in [-0.15, -0.1) is 0 Å². The number of unbranched alkanes of at least 4 members (excludes halogenated alkanes) is 3. The lowest BCUT2D eigenvalue weighted by Gasteiger charge is -2.46. The molecule has 22 heteroatoms. The van der Waals surface area contributed by atoms with Crippen molar-refractivity contribution in [1.82, 2.24) is 24.3 Å². The summed E-state index contributed by atoms with van der Waals surface area (Å²) in [6, 6.07) is 40.2. The number of carbonyl (C=O) groups is 1. The number of nitriles is 1. The zero-order chi connectivity index (χ0) is 60.4. The molecule has 446 valence electrons. The molecule has 1 unspecified atom stereocenters. The molecule has 0 spiro atoms. The van der Waals surface area contributed by atoms with E-state index in [9.17, 15) is 33.2 Å². The summed E-state index contributed by atoms with van der Waals surface area (Å²) in [6.07, 6.45) is 3.87. The van der Waals surface area contributed by atoms with Crippen LogP contribution in [-0.4, -0.2) is 112 Å². The van der Waals surface area contributed by atoms with Crippen LogP contribution >= 0.6 is 8.30 Å². The first-order valence-electron chi connectivity index (χ1n) is 27.9. The molecule has 0 aliphatic carbocycles. The average Bonchev–Trinajstić information content (AvgIpc) is 3.07. The molecule has 4 atom stereocenters. The van der Waals surface area contributed by atoms with Gasteiger partial charge in [-0.2, -0.15) is 15.5 Å². The Balaban J connectivity index is 1.03. The van der Waals surface area contributed by atoms with Crippen molar-refractivity contribution in [3.63, 3.8) is 0 Å². The molecule has 84 heavy (non-hydrogen) atoms. The molecular weight excluding hydrogens is 1110 g/mol. The lowest BCUT2D eigenvalue weighted by atomic mass is 9.80. The highest BCUT2D eigenvalue weighted by Crippen LogP contribution is 2.62. The Hall–Kier alpha value is -7.38. The molecule has 1 saturated heterocycles. The van der Waals surface area contributed by atoms with Crippen molar-refractivity contribution < 1.29 is 41.8 Å². The lowest BCUT2D eigenvalue weighted by molar-refractivity contribution is -0.116. The standard InChI is InChI=1S/C62H76N9O11PS/c1-44(2)71(45(3)4)83(81-40-16-37-63)61(75)41-58(82-56(61)43-80-62(47-17-12-11-13-18-47,48-20-30-53(78-7)31-21-48)49-22-32-54(79-8)33-23-49)70-42-46(59(73)66-60(70)74)19-36-57(72)64-38-14-9-10-15-39-65-84(76,77)55-34-26-51(27-35-55)68-67-50-24-28-52(29-25-50)69(5)6/h11-13,17-36,42,44-45,56,58,65,75H,9-10,14-16,38-41,43H2,1-8H3,(H,64,72)(H,66,73,74)/b36-19+,68-67?/t56-,58-,61-,83?/m1/s1. The second-order valence-corrected chi connectivity index (χ2v) is 24.7. The summed E-state index contributed by atoms with van der Waals surface area (Å²) in [4.78, 5) is 44.8. The van der Waals surface area contributed by atoms with Crippen molar-refractivity contribution in [2.24, 2.45) is 10.2 Å². The Morgan fingerprint density at radius 2 is 1.40 bits per heavy atom. The van der Waals surface area contributed by atoms with Gasteiger partial charge < -0.3 is 38.8 Å². The fourth-order valence-corrected chi connectivity index (χ4v) is 13.5. The van der Waals surface area contributed by atoms with Gasteiger partial charge in [0.15, 0.2) is 5.34 Å². The second kappa shape index (κ2) is 29.9. The number of benzene rings is 5. The molecule has 1 aliphatic rings. The quantitative estimate of drug-likeness (QED) is 0.0108. The fraction of sp³-hybridized carbons (Fsp3) is 0.387. The number of carbonyl (C=O) groups excluding carboxylic acids is 1. The van der Waals surface area contributed by atoms with E-state index in [4.69, 9.17) is 23.5 Å². The zero-order valence-corrected chi connectivity index (χ0v) is 50.5. The summed E-state index contributed by atoms with van der Waals surface area (Å²) in [6.45, 7) is 8.25. The van der Waals surface area contributed by atoms with Crippen LogP contribution in [0.1, 0.15) is 94.7 Å². The molecule has 7 rings (SSSR count). The van der Waals surface area contributed by atoms with Gasteiger partial charge in [0.2, 0.25) is 15.9 Å². The third-order valence-electron chi connectivity index (χ3n) is 14.2. The van der Waals surface area contributed by atoms with Crippen LogP contribution in [0.4, 0.5) is 17.1 Å². The van der Waals surface area contributed by atoms with Gasteiger partial charge in [-0.1, -0.05) is 67.4 Å². The molecule has 0 bridgehead atoms. The van der Waals surface area contributed by atoms with Gasteiger partial charge in [0, 0.05) is 63.6 Å². The second-order valence-electron chi connectivity index (χ2n) is 20.9. The minimum absolute atomic E-state index is 0.00511. The topological polar surface area (TPSA) is 251 Å². The van der Waals surface area contributed by atoms with E-state index in [2.05, 4.69) is 36.0 Å². The van der Waals surface area contributed by atoms with Gasteiger partial charge in [-0.05, 0) is 136 Å². The third kappa shape index (κ3) is 16.1. The summed E-state index contributed by atoms with van der Waals surface area (Å²) < 4.78 is 63.7. The molecule has 1 fully saturated rings. The highest BCUT2D eigenvalue weighted by molar-refractivity contribution is 7.89. The van der Waals surface area contributed by atoms with Gasteiger partial charge in [0.1, 0.15) is 37.7 Å². The van der Waals surface area contributed by atoms with E-state index in [1.165, 1.54) is 35.0 Å². The first-order valence-corrected chi connectivity index (χ1v) is 30.6. The number of nitrogens with zero attached hydrogens (tertiary/aromatic N) is 6. The van der Waals surface area contributed by atoms with E-state index in [1.54, 1.807) is 26.4 Å². The molecule has 1 aromatic heterocycles. The Morgan fingerprint density at radius 1 is 0.845 bits per heavy atom. The molecule has 1 amide bonds. The van der Waals surface area contributed by atoms with Crippen LogP contribution in [0.2, 0.25) is 0 Å². The monoisotopic (exact) mass is 1190 g/mol. The van der Waals surface area contributed by atoms with Crippen LogP contribution in [0.25, 0.3) is 6.08 Å². The number of amides is 1. The van der Waals surface area contributed by atoms with Crippen molar-refractivity contribution in [3.8, 4) is 17.6 Å². The van der Waals surface area contributed by atoms with Gasteiger partial charge in [-0.25, -0.2) is 17.9 Å². The SMILES string of the molecule is COc1ccc(C(OC[C@H]2O[C@@H](n3cc(/C=C/C(=O)NCCCCCCNS(=O)(=O)c4ccc(N=Nc5ccc(N(C)C)cc5)cc4)c(=O)[nH]c3=O)C[C@@]2(O)P(OCCC#N)N(C(C)C)C(C)C)(c2ccccc2)c2ccc(OC)cc2)cc1. The van der Waals surface area contributed by atoms with E-state index < -0.39 is 58.8 Å². The smallest absolute Gasteiger partial charge is 0.330 e. The average molecular weight is 1190 g/mol. The Kier molecular flexibility index (Phi) is 22.9. The number of azo groups is 1. The number of H-pyrrole nitrogens is 1. The number of rotatable bonds is 30. The maximum atomic E-state index is 13.9. The number of hydrogen-bond donors (Lipinski definition) is 4. The number of sulfonamides is 1. The summed E-state index contributed by atoms with van der Waals surface area (Å²) in [5.41, 5.74) is 1.53. The molecule has 1 aliphatic heterocycles. The fourth-order valence-electron chi connectivity index (χ4n) is 9.91. The van der Waals surface area contributed by atoms with Gasteiger partial charge in [0.05, 0.1) is 61.8 Å². The summed E-state index contributed by atoms with van der Waals surface area (Å²) >= 11 is 0. The van der Waals surface area contributed by atoms with Crippen molar-refractivity contribution in [1.29, 1.82) is 5.26 Å². The van der Waals surface area contributed by atoms with Crippen molar-refractivity contribution in [3.05, 3.63) is 183 Å². The predicted octanol–water partition coefficient (Wildman–Crippen LogP) is 10.0. The molecule has 2 heterocycles. The Bertz CT molecular complexity index is 3370. The summed E-state index contributed by atoms with van der Waals surface area (Å²) in [5, 5.41) is 32.5. The highest BCUT2D eigenvalue weighted by atomic mass is 32.2. The van der Waals surface area contributed by atoms with Gasteiger partial charge in [0.25, 0.3) is 5.56 Å². The number of anilines is 1. The predicted molar refractivity (Wildman–Crippen MR) is 325 cm³/mol. The molecule has 0 saturated carbocycles. The largest absolute Gasteiger partial charge is 0.497 e. The maximum Gasteiger partial charge on any atom is 0.330 e. The van der Waals surface area contributed by atoms with E-state index in [0.717, 1.165) is 22.4 Å². The molecule has 5 aromatic carbocycles. The first-order chi connectivity index (χ1) is 40.3. The number of aromatic amines is 1. The van der Waals surface area contributed by atoms with Crippen LogP contribution in [0, 0.1) is 11.3 Å². The van der Waals surface area contributed by atoms with Crippen LogP contribution < -0.4 is 35.7 Å². The molecular formula is C62H76N9O11PS. The van der Waals surface area contributed by atoms with E-state index in [-0.39, 0.29) is 55.1 Å². The summed E-state index contributed by atoms with van der Waals surface area (Å²) in [5.74, 6) is 0.780. The summed E-state index contributed by atoms with van der Waals surface area (Å²) in [7, 11) is 1.29. The van der Waals surface area contributed by atoms with Crippen LogP contribution in [0.5, 0.6) is 11.5 Å². The van der Waals surface area contributed by atoms with Crippen molar-refractivity contribution in [2.45, 2.75) is 106 Å². The normalized spacial score (nSPS) is 16.8. The van der Waals surface area contributed by atoms with Crippen molar-refractivity contribution in [2.75, 3.05) is 59.5 Å². The van der Waals surface area contributed by atoms with E-state index in [1.807, 2.05) is 150 Å². The number of methoxy groups -OCH3 is 2. The molecule has 0 radical (unpaired) electrons. The number of hydrogen-bond acceptors (Lipinski definition) is 16. The third-order valence-corrected chi connectivity index (χ3v) is 18.6. The number of ether oxygens (including phenoxy) is 4. The van der Waals surface area contributed by atoms with Crippen LogP contribution in [-0.2, 0) is 34.4 Å². The number of nitrogens with one attached hydrogen (secondary N) is 3. The Labute approximate surface area is 493 Å². The van der Waals surface area contributed by atoms with Crippen molar-refractivity contribution >= 4 is 47.4 Å². The van der Waals surface area contributed by atoms with Gasteiger partial charge in [-0.3, -0.25) is 23.8 Å². The highest BCUT2D eigenvalue weighted by Gasteiger charge is 2.58. The number of aromatic nitrogens is 2. The van der Waals surface area contributed by atoms with Crippen LogP contribution in [0.3, 0.4) is 0 Å².